The Morgan fingerprint density at radius 1 is 0.962 bits per heavy atom. The summed E-state index contributed by atoms with van der Waals surface area (Å²) in [4.78, 5) is 23.9. The van der Waals surface area contributed by atoms with Gasteiger partial charge >= 0.3 is 11.9 Å². The van der Waals surface area contributed by atoms with Gasteiger partial charge in [0, 0.05) is 26.1 Å². The van der Waals surface area contributed by atoms with E-state index in [1.165, 1.54) is 13.8 Å². The van der Waals surface area contributed by atoms with E-state index < -0.39 is 23.6 Å². The van der Waals surface area contributed by atoms with Gasteiger partial charge in [0.15, 0.2) is 5.92 Å². The maximum Gasteiger partial charge on any atom is 0.325 e. The fourth-order valence-electron chi connectivity index (χ4n) is 2.54. The van der Waals surface area contributed by atoms with Crippen molar-refractivity contribution in [3.8, 4) is 5.75 Å². The molecule has 0 aromatic heterocycles. The molecule has 136 valence electrons. The number of nitrogens with one attached hydrogen (secondary N) is 1. The van der Waals surface area contributed by atoms with Crippen molar-refractivity contribution in [2.75, 3.05) is 11.9 Å². The molecule has 1 aliphatic heterocycles. The molecule has 0 unspecified atom stereocenters. The second-order valence-electron chi connectivity index (χ2n) is 6.47. The normalized spacial score (nSPS) is 16.5. The Morgan fingerprint density at radius 3 is 2.19 bits per heavy atom. The molecule has 3 rings (SSSR count). The van der Waals surface area contributed by atoms with Crippen LogP contribution in [0.2, 0.25) is 0 Å². The average molecular weight is 355 g/mol. The minimum atomic E-state index is -1.21. The van der Waals surface area contributed by atoms with Gasteiger partial charge in [0.25, 0.3) is 5.79 Å². The summed E-state index contributed by atoms with van der Waals surface area (Å²) in [6, 6.07) is 17.2. The molecule has 0 aliphatic carbocycles. The van der Waals surface area contributed by atoms with E-state index in [1.807, 2.05) is 54.6 Å². The van der Waals surface area contributed by atoms with E-state index in [-0.39, 0.29) is 6.54 Å². The van der Waals surface area contributed by atoms with Crippen molar-refractivity contribution < 1.29 is 23.8 Å². The Hall–Kier alpha value is -3.02. The van der Waals surface area contributed by atoms with Crippen molar-refractivity contribution in [2.24, 2.45) is 5.92 Å². The SMILES string of the molecule is CC1(C)OC(=O)C(CNc2ccc(OCc3ccccc3)cc2)C(=O)O1. The van der Waals surface area contributed by atoms with Crippen molar-refractivity contribution in [3.05, 3.63) is 60.2 Å². The van der Waals surface area contributed by atoms with Crippen LogP contribution in [-0.2, 0) is 25.7 Å². The molecule has 6 nitrogen and oxygen atoms in total. The zero-order valence-electron chi connectivity index (χ0n) is 14.7. The van der Waals surface area contributed by atoms with Crippen LogP contribution in [-0.4, -0.2) is 24.3 Å². The lowest BCUT2D eigenvalue weighted by molar-refractivity contribution is -0.239. The number of cyclic esters (lactones) is 2. The number of anilines is 1. The van der Waals surface area contributed by atoms with Gasteiger partial charge in [-0.1, -0.05) is 30.3 Å². The molecule has 2 aromatic rings. The van der Waals surface area contributed by atoms with E-state index in [9.17, 15) is 9.59 Å². The summed E-state index contributed by atoms with van der Waals surface area (Å²) in [5.41, 5.74) is 1.86. The first-order valence-corrected chi connectivity index (χ1v) is 8.39. The van der Waals surface area contributed by atoms with Gasteiger partial charge in [-0.25, -0.2) is 0 Å². The lowest BCUT2D eigenvalue weighted by atomic mass is 10.1. The Labute approximate surface area is 152 Å². The van der Waals surface area contributed by atoms with E-state index in [1.54, 1.807) is 0 Å². The summed E-state index contributed by atoms with van der Waals surface area (Å²) in [6.07, 6.45) is 0. The molecule has 0 atom stereocenters. The number of carbonyl (C=O) groups is 2. The Bertz CT molecular complexity index is 751. The van der Waals surface area contributed by atoms with Crippen molar-refractivity contribution in [2.45, 2.75) is 26.2 Å². The highest BCUT2D eigenvalue weighted by atomic mass is 16.7. The number of benzene rings is 2. The third kappa shape index (κ3) is 4.53. The fourth-order valence-corrected chi connectivity index (χ4v) is 2.54. The molecule has 0 bridgehead atoms. The van der Waals surface area contributed by atoms with Crippen LogP contribution in [0.5, 0.6) is 5.75 Å². The molecule has 1 saturated heterocycles. The van der Waals surface area contributed by atoms with E-state index in [0.29, 0.717) is 6.61 Å². The molecular weight excluding hydrogens is 334 g/mol. The number of carbonyl (C=O) groups excluding carboxylic acids is 2. The highest BCUT2D eigenvalue weighted by Crippen LogP contribution is 2.24. The first-order chi connectivity index (χ1) is 12.4. The zero-order valence-corrected chi connectivity index (χ0v) is 14.7. The molecular formula is C20H21NO5. The minimum absolute atomic E-state index is 0.109. The molecule has 2 aromatic carbocycles. The smallest absolute Gasteiger partial charge is 0.325 e. The topological polar surface area (TPSA) is 73.9 Å². The number of esters is 2. The quantitative estimate of drug-likeness (QED) is 0.634. The predicted molar refractivity (Wildman–Crippen MR) is 95.5 cm³/mol. The van der Waals surface area contributed by atoms with E-state index in [2.05, 4.69) is 5.32 Å². The number of hydrogen-bond donors (Lipinski definition) is 1. The average Bonchev–Trinajstić information content (AvgIpc) is 2.60. The molecule has 26 heavy (non-hydrogen) atoms. The molecule has 0 amide bonds. The molecule has 0 saturated carbocycles. The Morgan fingerprint density at radius 2 is 1.58 bits per heavy atom. The summed E-state index contributed by atoms with van der Waals surface area (Å²) in [5.74, 6) is -2.61. The molecule has 1 fully saturated rings. The van der Waals surface area contributed by atoms with E-state index >= 15 is 0 Å². The van der Waals surface area contributed by atoms with Gasteiger partial charge in [0.2, 0.25) is 0 Å². The third-order valence-corrected chi connectivity index (χ3v) is 3.87. The first kappa shape index (κ1) is 17.8. The monoisotopic (exact) mass is 355 g/mol. The summed E-state index contributed by atoms with van der Waals surface area (Å²) >= 11 is 0. The Kier molecular flexibility index (Phi) is 5.11. The fraction of sp³-hybridized carbons (Fsp3) is 0.300. The van der Waals surface area contributed by atoms with Crippen LogP contribution in [0.1, 0.15) is 19.4 Å². The van der Waals surface area contributed by atoms with Crippen LogP contribution in [0, 0.1) is 5.92 Å². The van der Waals surface area contributed by atoms with Gasteiger partial charge < -0.3 is 19.5 Å². The van der Waals surface area contributed by atoms with Crippen molar-refractivity contribution in [3.63, 3.8) is 0 Å². The van der Waals surface area contributed by atoms with Crippen molar-refractivity contribution in [1.82, 2.24) is 0 Å². The molecule has 0 spiro atoms. The van der Waals surface area contributed by atoms with Gasteiger partial charge in [0.05, 0.1) is 0 Å². The lowest BCUT2D eigenvalue weighted by Gasteiger charge is -2.32. The van der Waals surface area contributed by atoms with Crippen LogP contribution in [0.4, 0.5) is 5.69 Å². The highest BCUT2D eigenvalue weighted by Gasteiger charge is 2.42. The predicted octanol–water partition coefficient (Wildman–Crippen LogP) is 3.13. The van der Waals surface area contributed by atoms with Gasteiger partial charge in [-0.15, -0.1) is 0 Å². The molecule has 6 heteroatoms. The molecule has 1 aliphatic rings. The number of hydrogen-bond acceptors (Lipinski definition) is 6. The summed E-state index contributed by atoms with van der Waals surface area (Å²) < 4.78 is 15.9. The van der Waals surface area contributed by atoms with E-state index in [4.69, 9.17) is 14.2 Å². The largest absolute Gasteiger partial charge is 0.489 e. The number of rotatable bonds is 6. The summed E-state index contributed by atoms with van der Waals surface area (Å²) in [7, 11) is 0. The first-order valence-electron chi connectivity index (χ1n) is 8.39. The van der Waals surface area contributed by atoms with Gasteiger partial charge in [0.1, 0.15) is 12.4 Å². The van der Waals surface area contributed by atoms with Crippen LogP contribution >= 0.6 is 0 Å². The second kappa shape index (κ2) is 7.47. The molecule has 1 heterocycles. The van der Waals surface area contributed by atoms with Crippen LogP contribution in [0.15, 0.2) is 54.6 Å². The summed E-state index contributed by atoms with van der Waals surface area (Å²) in [6.45, 7) is 3.66. The van der Waals surface area contributed by atoms with Crippen LogP contribution in [0.3, 0.4) is 0 Å². The zero-order chi connectivity index (χ0) is 18.6. The lowest BCUT2D eigenvalue weighted by Crippen LogP contribution is -2.48. The molecule has 1 N–H and O–H groups in total. The van der Waals surface area contributed by atoms with Crippen molar-refractivity contribution in [1.29, 1.82) is 0 Å². The third-order valence-electron chi connectivity index (χ3n) is 3.87. The van der Waals surface area contributed by atoms with Crippen LogP contribution < -0.4 is 10.1 Å². The second-order valence-corrected chi connectivity index (χ2v) is 6.47. The van der Waals surface area contributed by atoms with Gasteiger partial charge in [-0.3, -0.25) is 9.59 Å². The van der Waals surface area contributed by atoms with E-state index in [0.717, 1.165) is 17.0 Å². The molecule has 0 radical (unpaired) electrons. The highest BCUT2D eigenvalue weighted by molar-refractivity contribution is 5.97. The van der Waals surface area contributed by atoms with Crippen LogP contribution in [0.25, 0.3) is 0 Å². The summed E-state index contributed by atoms with van der Waals surface area (Å²) in [5, 5.41) is 3.05. The standard InChI is InChI=1S/C20H21NO5/c1-20(2)25-18(22)17(19(23)26-20)12-21-15-8-10-16(11-9-15)24-13-14-6-4-3-5-7-14/h3-11,17,21H,12-13H2,1-2H3. The maximum absolute atomic E-state index is 11.9. The minimum Gasteiger partial charge on any atom is -0.489 e. The maximum atomic E-state index is 11.9. The van der Waals surface area contributed by atoms with Crippen molar-refractivity contribution >= 4 is 17.6 Å². The van der Waals surface area contributed by atoms with Gasteiger partial charge in [-0.2, -0.15) is 0 Å². The van der Waals surface area contributed by atoms with Gasteiger partial charge in [-0.05, 0) is 29.8 Å². The number of ether oxygens (including phenoxy) is 3. The Balaban J connectivity index is 1.51.